The molecule has 0 spiro atoms. The summed E-state index contributed by atoms with van der Waals surface area (Å²) in [6.45, 7) is 4.38. The maximum Gasteiger partial charge on any atom is 0.274 e. The molecular formula is C26H25N5O. The van der Waals surface area contributed by atoms with Gasteiger partial charge in [-0.05, 0) is 55.2 Å². The summed E-state index contributed by atoms with van der Waals surface area (Å²) in [6.07, 6.45) is 2.40. The maximum absolute atomic E-state index is 12.6. The van der Waals surface area contributed by atoms with E-state index < -0.39 is 0 Å². The summed E-state index contributed by atoms with van der Waals surface area (Å²) in [5.74, 6) is 1.49. The number of carbonyl (C=O) groups excluding carboxylic acids is 1. The predicted molar refractivity (Wildman–Crippen MR) is 128 cm³/mol. The lowest BCUT2D eigenvalue weighted by molar-refractivity contribution is 0.102. The number of benzene rings is 2. The summed E-state index contributed by atoms with van der Waals surface area (Å²) >= 11 is 0. The van der Waals surface area contributed by atoms with Crippen molar-refractivity contribution in [2.24, 2.45) is 5.92 Å². The minimum atomic E-state index is -0.233. The minimum absolute atomic E-state index is 0.233. The number of amides is 1. The quantitative estimate of drug-likeness (QED) is 0.490. The van der Waals surface area contributed by atoms with Crippen molar-refractivity contribution in [1.82, 2.24) is 15.2 Å². The third-order valence-corrected chi connectivity index (χ3v) is 6.03. The van der Waals surface area contributed by atoms with E-state index in [0.717, 1.165) is 47.0 Å². The Hall–Kier alpha value is -3.80. The second-order valence-corrected chi connectivity index (χ2v) is 8.37. The molecule has 1 aliphatic rings. The molecular weight excluding hydrogens is 398 g/mol. The molecule has 6 heteroatoms. The number of nitrogens with zero attached hydrogens (tertiary/aromatic N) is 4. The van der Waals surface area contributed by atoms with Crippen LogP contribution in [-0.4, -0.2) is 34.2 Å². The fraction of sp³-hybridized carbons (Fsp3) is 0.231. The summed E-state index contributed by atoms with van der Waals surface area (Å²) in [5.41, 5.74) is 3.67. The third-order valence-electron chi connectivity index (χ3n) is 6.03. The first-order valence-corrected chi connectivity index (χ1v) is 11.0. The Kier molecular flexibility index (Phi) is 5.50. The van der Waals surface area contributed by atoms with Gasteiger partial charge < -0.3 is 10.2 Å². The van der Waals surface area contributed by atoms with Crippen molar-refractivity contribution in [2.75, 3.05) is 23.3 Å². The monoisotopic (exact) mass is 423 g/mol. The van der Waals surface area contributed by atoms with Gasteiger partial charge in [-0.15, -0.1) is 10.2 Å². The third kappa shape index (κ3) is 4.30. The summed E-state index contributed by atoms with van der Waals surface area (Å²) in [7, 11) is 0. The summed E-state index contributed by atoms with van der Waals surface area (Å²) in [6, 6.07) is 23.1. The highest BCUT2D eigenvalue weighted by atomic mass is 16.1. The maximum atomic E-state index is 12.6. The molecule has 2 aromatic carbocycles. The fourth-order valence-electron chi connectivity index (χ4n) is 4.00. The number of fused-ring (bicyclic) bond motifs is 1. The van der Waals surface area contributed by atoms with Crippen molar-refractivity contribution in [3.8, 4) is 11.3 Å². The van der Waals surface area contributed by atoms with Gasteiger partial charge in [0.2, 0.25) is 0 Å². The van der Waals surface area contributed by atoms with E-state index in [1.165, 1.54) is 12.8 Å². The van der Waals surface area contributed by atoms with Crippen molar-refractivity contribution in [3.63, 3.8) is 0 Å². The van der Waals surface area contributed by atoms with Crippen LogP contribution in [0.5, 0.6) is 0 Å². The fourth-order valence-corrected chi connectivity index (χ4v) is 4.00. The SMILES string of the molecule is CC1CCN(c2ccc(-c3ccc(NC(=O)c4ccc5ccccc5n4)cc3)nn2)CC1. The van der Waals surface area contributed by atoms with Gasteiger partial charge in [0.1, 0.15) is 5.69 Å². The van der Waals surface area contributed by atoms with E-state index >= 15 is 0 Å². The first-order chi connectivity index (χ1) is 15.7. The Morgan fingerprint density at radius 1 is 0.906 bits per heavy atom. The van der Waals surface area contributed by atoms with Gasteiger partial charge in [0.25, 0.3) is 5.91 Å². The number of hydrogen-bond acceptors (Lipinski definition) is 5. The average Bonchev–Trinajstić information content (AvgIpc) is 2.85. The zero-order chi connectivity index (χ0) is 21.9. The van der Waals surface area contributed by atoms with Crippen molar-refractivity contribution < 1.29 is 4.79 Å². The van der Waals surface area contributed by atoms with E-state index in [1.807, 2.05) is 66.7 Å². The van der Waals surface area contributed by atoms with Crippen LogP contribution in [0.25, 0.3) is 22.2 Å². The molecule has 3 heterocycles. The highest BCUT2D eigenvalue weighted by Crippen LogP contribution is 2.24. The van der Waals surface area contributed by atoms with E-state index in [0.29, 0.717) is 11.4 Å². The van der Waals surface area contributed by atoms with Crippen LogP contribution < -0.4 is 10.2 Å². The van der Waals surface area contributed by atoms with Crippen LogP contribution >= 0.6 is 0 Å². The smallest absolute Gasteiger partial charge is 0.274 e. The molecule has 0 atom stereocenters. The molecule has 2 aromatic heterocycles. The Morgan fingerprint density at radius 3 is 2.44 bits per heavy atom. The van der Waals surface area contributed by atoms with E-state index in [4.69, 9.17) is 0 Å². The molecule has 1 saturated heterocycles. The van der Waals surface area contributed by atoms with Gasteiger partial charge in [-0.1, -0.05) is 43.3 Å². The van der Waals surface area contributed by atoms with Crippen molar-refractivity contribution >= 4 is 28.3 Å². The average molecular weight is 424 g/mol. The number of hydrogen-bond donors (Lipinski definition) is 1. The highest BCUT2D eigenvalue weighted by molar-refractivity contribution is 6.04. The van der Waals surface area contributed by atoms with Gasteiger partial charge in [-0.25, -0.2) is 4.98 Å². The van der Waals surface area contributed by atoms with Crippen LogP contribution in [0.3, 0.4) is 0 Å². The van der Waals surface area contributed by atoms with Crippen molar-refractivity contribution in [1.29, 1.82) is 0 Å². The molecule has 1 N–H and O–H groups in total. The number of pyridine rings is 1. The van der Waals surface area contributed by atoms with Crippen LogP contribution in [-0.2, 0) is 0 Å². The van der Waals surface area contributed by atoms with Crippen molar-refractivity contribution in [2.45, 2.75) is 19.8 Å². The van der Waals surface area contributed by atoms with E-state index in [9.17, 15) is 4.79 Å². The molecule has 5 rings (SSSR count). The molecule has 32 heavy (non-hydrogen) atoms. The molecule has 0 aliphatic carbocycles. The predicted octanol–water partition coefficient (Wildman–Crippen LogP) is 5.18. The molecule has 0 bridgehead atoms. The molecule has 1 amide bonds. The Labute approximate surface area is 187 Å². The lowest BCUT2D eigenvalue weighted by Crippen LogP contribution is -2.33. The molecule has 1 fully saturated rings. The number of aromatic nitrogens is 3. The van der Waals surface area contributed by atoms with Gasteiger partial charge in [-0.2, -0.15) is 0 Å². The molecule has 0 unspecified atom stereocenters. The van der Waals surface area contributed by atoms with E-state index in [1.54, 1.807) is 6.07 Å². The molecule has 1 aliphatic heterocycles. The van der Waals surface area contributed by atoms with Crippen LogP contribution in [0.4, 0.5) is 11.5 Å². The van der Waals surface area contributed by atoms with Crippen LogP contribution in [0.15, 0.2) is 72.8 Å². The lowest BCUT2D eigenvalue weighted by Gasteiger charge is -2.30. The molecule has 4 aromatic rings. The minimum Gasteiger partial charge on any atom is -0.355 e. The molecule has 0 saturated carbocycles. The number of piperidine rings is 1. The largest absolute Gasteiger partial charge is 0.355 e. The number of para-hydroxylation sites is 1. The highest BCUT2D eigenvalue weighted by Gasteiger charge is 2.17. The van der Waals surface area contributed by atoms with E-state index in [2.05, 4.69) is 32.3 Å². The summed E-state index contributed by atoms with van der Waals surface area (Å²) in [5, 5.41) is 12.8. The van der Waals surface area contributed by atoms with Gasteiger partial charge in [0.05, 0.1) is 11.2 Å². The standard InChI is InChI=1S/C26H25N5O/c1-18-14-16-31(17-15-18)25-13-12-23(29-30-25)20-6-9-21(10-7-20)27-26(32)24-11-8-19-4-2-3-5-22(19)28-24/h2-13,18H,14-17H2,1H3,(H,27,32). The first kappa shape index (κ1) is 20.1. The Balaban J connectivity index is 1.26. The zero-order valence-electron chi connectivity index (χ0n) is 18.0. The summed E-state index contributed by atoms with van der Waals surface area (Å²) < 4.78 is 0. The van der Waals surface area contributed by atoms with Crippen molar-refractivity contribution in [3.05, 3.63) is 78.5 Å². The number of anilines is 2. The van der Waals surface area contributed by atoms with Gasteiger partial charge in [-0.3, -0.25) is 4.79 Å². The number of carbonyl (C=O) groups is 1. The molecule has 6 nitrogen and oxygen atoms in total. The number of nitrogens with one attached hydrogen (secondary N) is 1. The lowest BCUT2D eigenvalue weighted by atomic mass is 9.99. The zero-order valence-corrected chi connectivity index (χ0v) is 18.0. The molecule has 0 radical (unpaired) electrons. The van der Waals surface area contributed by atoms with Crippen LogP contribution in [0, 0.1) is 5.92 Å². The Morgan fingerprint density at radius 2 is 1.69 bits per heavy atom. The first-order valence-electron chi connectivity index (χ1n) is 11.0. The number of rotatable bonds is 4. The van der Waals surface area contributed by atoms with Crippen LogP contribution in [0.1, 0.15) is 30.3 Å². The van der Waals surface area contributed by atoms with E-state index in [-0.39, 0.29) is 5.91 Å². The van der Waals surface area contributed by atoms with Gasteiger partial charge in [0.15, 0.2) is 5.82 Å². The van der Waals surface area contributed by atoms with Gasteiger partial charge >= 0.3 is 0 Å². The summed E-state index contributed by atoms with van der Waals surface area (Å²) in [4.78, 5) is 19.4. The Bertz CT molecular complexity index is 1230. The second-order valence-electron chi connectivity index (χ2n) is 8.37. The second kappa shape index (κ2) is 8.75. The molecule has 160 valence electrons. The van der Waals surface area contributed by atoms with Gasteiger partial charge in [0, 0.05) is 29.7 Å². The normalized spacial score (nSPS) is 14.5. The van der Waals surface area contributed by atoms with Crippen LogP contribution in [0.2, 0.25) is 0 Å². The topological polar surface area (TPSA) is 71.0 Å².